The SMILES string of the molecule is COC1CCC(C(=O)N2Cc3cccnc3Nc3ccc(N4CCN(CC(F)(F)F)CC4)cc32)CC1. The monoisotopic (exact) mass is 503 g/mol. The van der Waals surface area contributed by atoms with Crippen LogP contribution < -0.4 is 15.1 Å². The Balaban J connectivity index is 1.40. The first kappa shape index (κ1) is 24.8. The minimum atomic E-state index is -4.19. The average Bonchev–Trinajstić information content (AvgIpc) is 3.04. The molecule has 0 unspecified atom stereocenters. The number of ether oxygens (including phenoxy) is 1. The van der Waals surface area contributed by atoms with Crippen LogP contribution in [-0.2, 0) is 16.1 Å². The Morgan fingerprint density at radius 1 is 1.11 bits per heavy atom. The van der Waals surface area contributed by atoms with Crippen LogP contribution >= 0.6 is 0 Å². The van der Waals surface area contributed by atoms with Crippen molar-refractivity contribution in [3.63, 3.8) is 0 Å². The van der Waals surface area contributed by atoms with Gasteiger partial charge >= 0.3 is 6.18 Å². The highest BCUT2D eigenvalue weighted by atomic mass is 19.4. The van der Waals surface area contributed by atoms with Crippen LogP contribution in [0.4, 0.5) is 36.1 Å². The highest BCUT2D eigenvalue weighted by molar-refractivity contribution is 6.00. The number of hydrogen-bond donors (Lipinski definition) is 1. The van der Waals surface area contributed by atoms with Gasteiger partial charge < -0.3 is 19.9 Å². The van der Waals surface area contributed by atoms with Crippen LogP contribution in [0.2, 0.25) is 0 Å². The van der Waals surface area contributed by atoms with Gasteiger partial charge in [-0.25, -0.2) is 4.98 Å². The Hall–Kier alpha value is -2.85. The van der Waals surface area contributed by atoms with Gasteiger partial charge in [0.2, 0.25) is 5.91 Å². The number of anilines is 4. The van der Waals surface area contributed by atoms with Crippen molar-refractivity contribution in [2.45, 2.75) is 44.5 Å². The third-order valence-electron chi connectivity index (χ3n) is 7.51. The fourth-order valence-corrected chi connectivity index (χ4v) is 5.49. The fraction of sp³-hybridized carbons (Fsp3) is 0.538. The molecule has 1 aromatic heterocycles. The molecule has 1 saturated carbocycles. The Kier molecular flexibility index (Phi) is 7.07. The van der Waals surface area contributed by atoms with E-state index in [1.807, 2.05) is 35.2 Å². The molecule has 3 aliphatic rings. The van der Waals surface area contributed by atoms with Gasteiger partial charge in [-0.3, -0.25) is 9.69 Å². The van der Waals surface area contributed by atoms with Gasteiger partial charge in [0, 0.05) is 56.7 Å². The average molecular weight is 504 g/mol. The van der Waals surface area contributed by atoms with E-state index in [1.165, 1.54) is 4.90 Å². The number of aromatic nitrogens is 1. The number of pyridine rings is 1. The molecule has 2 aliphatic heterocycles. The molecule has 0 radical (unpaired) electrons. The number of carbonyl (C=O) groups excluding carboxylic acids is 1. The summed E-state index contributed by atoms with van der Waals surface area (Å²) in [5.41, 5.74) is 3.42. The molecule has 2 fully saturated rings. The number of benzene rings is 1. The van der Waals surface area contributed by atoms with Crippen molar-refractivity contribution in [1.82, 2.24) is 9.88 Å². The van der Waals surface area contributed by atoms with E-state index < -0.39 is 12.7 Å². The van der Waals surface area contributed by atoms with Crippen LogP contribution in [0.1, 0.15) is 31.2 Å². The molecule has 3 heterocycles. The van der Waals surface area contributed by atoms with E-state index in [9.17, 15) is 18.0 Å². The first-order valence-electron chi connectivity index (χ1n) is 12.5. The molecule has 36 heavy (non-hydrogen) atoms. The Bertz CT molecular complexity index is 1080. The van der Waals surface area contributed by atoms with Gasteiger partial charge in [-0.15, -0.1) is 0 Å². The number of nitrogens with one attached hydrogen (secondary N) is 1. The lowest BCUT2D eigenvalue weighted by molar-refractivity contribution is -0.146. The molecule has 7 nitrogen and oxygen atoms in total. The quantitative estimate of drug-likeness (QED) is 0.660. The van der Waals surface area contributed by atoms with E-state index >= 15 is 0 Å². The van der Waals surface area contributed by atoms with Crippen molar-refractivity contribution in [2.75, 3.05) is 55.0 Å². The topological polar surface area (TPSA) is 60.9 Å². The number of halogens is 3. The molecule has 0 spiro atoms. The normalized spacial score (nSPS) is 22.9. The number of fused-ring (bicyclic) bond motifs is 2. The number of amides is 1. The zero-order valence-corrected chi connectivity index (χ0v) is 20.4. The molecular weight excluding hydrogens is 471 g/mol. The van der Waals surface area contributed by atoms with Gasteiger partial charge in [-0.05, 0) is 49.9 Å². The molecule has 2 aromatic rings. The van der Waals surface area contributed by atoms with Crippen LogP contribution in [0.5, 0.6) is 0 Å². The first-order valence-corrected chi connectivity index (χ1v) is 12.5. The maximum absolute atomic E-state index is 13.8. The number of alkyl halides is 3. The predicted octanol–water partition coefficient (Wildman–Crippen LogP) is 4.56. The number of nitrogens with zero attached hydrogens (tertiary/aromatic N) is 4. The van der Waals surface area contributed by atoms with Crippen LogP contribution in [0, 0.1) is 5.92 Å². The number of carbonyl (C=O) groups is 1. The summed E-state index contributed by atoms with van der Waals surface area (Å²) in [6.07, 6.45) is 1.06. The van der Waals surface area contributed by atoms with Crippen molar-refractivity contribution in [3.8, 4) is 0 Å². The molecule has 0 bridgehead atoms. The summed E-state index contributed by atoms with van der Waals surface area (Å²) >= 11 is 0. The van der Waals surface area contributed by atoms with Crippen molar-refractivity contribution in [3.05, 3.63) is 42.1 Å². The fourth-order valence-electron chi connectivity index (χ4n) is 5.49. The highest BCUT2D eigenvalue weighted by Crippen LogP contribution is 2.40. The second-order valence-electron chi connectivity index (χ2n) is 9.85. The minimum absolute atomic E-state index is 0.0722. The predicted molar refractivity (Wildman–Crippen MR) is 133 cm³/mol. The third-order valence-corrected chi connectivity index (χ3v) is 7.51. The first-order chi connectivity index (χ1) is 17.3. The van der Waals surface area contributed by atoms with Crippen molar-refractivity contribution >= 4 is 28.8 Å². The standard InChI is InChI=1S/C26H32F3N5O2/c1-36-21-7-4-18(5-8-21)25(35)34-16-19-3-2-10-30-24(19)31-22-9-6-20(15-23(22)34)33-13-11-32(12-14-33)17-26(27,28)29/h2-3,6,9-10,15,18,21H,4-5,7-8,11-14,16-17H2,1H3,(H,30,31). The van der Waals surface area contributed by atoms with E-state index in [1.54, 1.807) is 13.3 Å². The van der Waals surface area contributed by atoms with Crippen LogP contribution in [-0.4, -0.2) is 67.9 Å². The lowest BCUT2D eigenvalue weighted by atomic mass is 9.86. The maximum Gasteiger partial charge on any atom is 0.401 e. The number of hydrogen-bond acceptors (Lipinski definition) is 6. The minimum Gasteiger partial charge on any atom is -0.381 e. The van der Waals surface area contributed by atoms with Gasteiger partial charge in [0.15, 0.2) is 0 Å². The zero-order valence-electron chi connectivity index (χ0n) is 20.4. The van der Waals surface area contributed by atoms with Gasteiger partial charge in [-0.2, -0.15) is 13.2 Å². The van der Waals surface area contributed by atoms with E-state index in [4.69, 9.17) is 4.74 Å². The summed E-state index contributed by atoms with van der Waals surface area (Å²) < 4.78 is 43.9. The molecule has 1 aliphatic carbocycles. The molecular formula is C26H32F3N5O2. The summed E-state index contributed by atoms with van der Waals surface area (Å²) in [4.78, 5) is 23.7. The smallest absolute Gasteiger partial charge is 0.381 e. The largest absolute Gasteiger partial charge is 0.401 e. The highest BCUT2D eigenvalue weighted by Gasteiger charge is 2.34. The van der Waals surface area contributed by atoms with Gasteiger partial charge in [0.25, 0.3) is 0 Å². The number of rotatable bonds is 4. The van der Waals surface area contributed by atoms with Crippen molar-refractivity contribution in [2.24, 2.45) is 5.92 Å². The summed E-state index contributed by atoms with van der Waals surface area (Å²) in [6.45, 7) is 1.21. The molecule has 0 atom stereocenters. The lowest BCUT2D eigenvalue weighted by Gasteiger charge is -2.37. The van der Waals surface area contributed by atoms with Crippen LogP contribution in [0.3, 0.4) is 0 Å². The third kappa shape index (κ3) is 5.44. The van der Waals surface area contributed by atoms with Crippen molar-refractivity contribution < 1.29 is 22.7 Å². The Morgan fingerprint density at radius 2 is 1.86 bits per heavy atom. The van der Waals surface area contributed by atoms with E-state index in [0.29, 0.717) is 32.7 Å². The van der Waals surface area contributed by atoms with Gasteiger partial charge in [0.05, 0.1) is 30.6 Å². The van der Waals surface area contributed by atoms with E-state index in [0.717, 1.165) is 54.1 Å². The second-order valence-corrected chi connectivity index (χ2v) is 9.85. The Labute approximate surface area is 209 Å². The zero-order chi connectivity index (χ0) is 25.3. The molecule has 5 rings (SSSR count). The summed E-state index contributed by atoms with van der Waals surface area (Å²) in [5, 5.41) is 3.39. The molecule has 1 saturated heterocycles. The summed E-state index contributed by atoms with van der Waals surface area (Å²) in [7, 11) is 1.72. The van der Waals surface area contributed by atoms with E-state index in [2.05, 4.69) is 15.2 Å². The van der Waals surface area contributed by atoms with Crippen molar-refractivity contribution in [1.29, 1.82) is 0 Å². The number of piperazine rings is 1. The molecule has 10 heteroatoms. The lowest BCUT2D eigenvalue weighted by Crippen LogP contribution is -2.49. The van der Waals surface area contributed by atoms with Crippen LogP contribution in [0.25, 0.3) is 0 Å². The second kappa shape index (κ2) is 10.3. The molecule has 1 amide bonds. The van der Waals surface area contributed by atoms with Crippen LogP contribution in [0.15, 0.2) is 36.5 Å². The summed E-state index contributed by atoms with van der Waals surface area (Å²) in [6, 6.07) is 9.75. The maximum atomic E-state index is 13.8. The number of methoxy groups -OCH3 is 1. The van der Waals surface area contributed by atoms with E-state index in [-0.39, 0.29) is 17.9 Å². The van der Waals surface area contributed by atoms with Gasteiger partial charge in [-0.1, -0.05) is 6.07 Å². The Morgan fingerprint density at radius 3 is 2.56 bits per heavy atom. The summed E-state index contributed by atoms with van der Waals surface area (Å²) in [5.74, 6) is 0.749. The molecule has 1 N–H and O–H groups in total. The molecule has 194 valence electrons. The van der Waals surface area contributed by atoms with Gasteiger partial charge in [0.1, 0.15) is 5.82 Å². The molecule has 1 aromatic carbocycles.